The number of allylic oxidation sites excluding steroid dienone is 12. The van der Waals surface area contributed by atoms with Crippen molar-refractivity contribution < 1.29 is 110 Å². The largest absolute Gasteiger partial charge is 0.481 e. The fraction of sp³-hybridized carbons (Fsp3) is 0.833. The van der Waals surface area contributed by atoms with Crippen LogP contribution in [0.2, 0.25) is 0 Å². The van der Waals surface area contributed by atoms with Gasteiger partial charge in [0.25, 0.3) is 0 Å². The SMILES string of the molecule is CCCCCCCC/C=C\CCCCCCCC(=O)O.CCCCCCCC/C=C\CCCCCCCC(=O)O.CCCCCCCC/C=C\CCCCCCCC(=O)O.CCCCCCCC/C=C\CCCCCCCC(=O)O.CCCCCCCC/C=C\CCCCCCCC(=O)O.CCCCCCCC/C=C\CCCCCCCC(=O)O.[Co].[Fe].[Mn]. The van der Waals surface area contributed by atoms with Gasteiger partial charge in [0.1, 0.15) is 0 Å². The molecule has 0 aromatic heterocycles. The predicted octanol–water partition coefficient (Wildman–Crippen LogP) is 36.6. The molecule has 0 aromatic carbocycles. The van der Waals surface area contributed by atoms with Crippen molar-refractivity contribution in [2.24, 2.45) is 0 Å². The first-order valence-electron chi connectivity index (χ1n) is 51.8. The summed E-state index contributed by atoms with van der Waals surface area (Å²) in [7, 11) is 0. The van der Waals surface area contributed by atoms with E-state index in [4.69, 9.17) is 30.6 Å². The van der Waals surface area contributed by atoms with E-state index in [-0.39, 0.29) is 50.9 Å². The van der Waals surface area contributed by atoms with Gasteiger partial charge < -0.3 is 30.6 Å². The molecule has 0 aliphatic heterocycles. The minimum Gasteiger partial charge on any atom is -0.481 e. The number of hydrogen-bond donors (Lipinski definition) is 6. The van der Waals surface area contributed by atoms with Gasteiger partial charge in [-0.1, -0.05) is 423 Å². The fourth-order valence-electron chi connectivity index (χ4n) is 14.1. The average molecular weight is 1860 g/mol. The van der Waals surface area contributed by atoms with Gasteiger partial charge in [-0.2, -0.15) is 0 Å². The van der Waals surface area contributed by atoms with Crippen molar-refractivity contribution in [3.05, 3.63) is 72.9 Å². The summed E-state index contributed by atoms with van der Waals surface area (Å²) in [5.74, 6) is -3.99. The Bertz CT molecular complexity index is 1810. The molecule has 0 saturated heterocycles. The second kappa shape index (κ2) is 134. The van der Waals surface area contributed by atoms with E-state index in [1.54, 1.807) is 0 Å². The number of carbonyl (C=O) groups is 6. The first kappa shape index (κ1) is 138. The molecule has 0 spiro atoms. The van der Waals surface area contributed by atoms with Crippen LogP contribution in [-0.4, -0.2) is 66.5 Å². The zero-order valence-electron chi connectivity index (χ0n) is 81.5. The molecule has 0 rings (SSSR count). The Labute approximate surface area is 794 Å². The van der Waals surface area contributed by atoms with E-state index in [1.165, 1.54) is 424 Å². The maximum Gasteiger partial charge on any atom is 0.303 e. The van der Waals surface area contributed by atoms with Crippen molar-refractivity contribution in [2.75, 3.05) is 0 Å². The van der Waals surface area contributed by atoms with Crippen LogP contribution < -0.4 is 0 Å². The van der Waals surface area contributed by atoms with Gasteiger partial charge in [0, 0.05) is 89.4 Å². The minimum atomic E-state index is -0.664. The molecule has 0 atom stereocenters. The van der Waals surface area contributed by atoms with Crippen molar-refractivity contribution >= 4 is 35.8 Å². The van der Waals surface area contributed by atoms with Gasteiger partial charge in [-0.3, -0.25) is 28.8 Å². The molecule has 0 aliphatic carbocycles. The smallest absolute Gasteiger partial charge is 0.303 e. The van der Waals surface area contributed by atoms with E-state index in [9.17, 15) is 28.8 Å². The summed E-state index contributed by atoms with van der Waals surface area (Å²) in [4.78, 5) is 61.9. The van der Waals surface area contributed by atoms with Crippen molar-refractivity contribution in [1.82, 2.24) is 0 Å². The van der Waals surface area contributed by atoms with Gasteiger partial charge in [0.05, 0.1) is 0 Å². The number of hydrogen-bond acceptors (Lipinski definition) is 6. The van der Waals surface area contributed by atoms with E-state index in [2.05, 4.69) is 114 Å². The van der Waals surface area contributed by atoms with E-state index >= 15 is 0 Å². The van der Waals surface area contributed by atoms with E-state index in [1.807, 2.05) is 0 Å². The zero-order valence-corrected chi connectivity index (χ0v) is 84.8. The Morgan fingerprint density at radius 3 is 0.301 bits per heavy atom. The van der Waals surface area contributed by atoms with Gasteiger partial charge >= 0.3 is 35.8 Å². The number of aliphatic carboxylic acids is 6. The van der Waals surface area contributed by atoms with Crippen molar-refractivity contribution in [1.29, 1.82) is 0 Å². The Kier molecular flexibility index (Phi) is 150. The number of rotatable bonds is 90. The van der Waals surface area contributed by atoms with Crippen molar-refractivity contribution in [3.8, 4) is 0 Å². The Balaban J connectivity index is -0.000000180. The molecule has 123 heavy (non-hydrogen) atoms. The molecule has 15 heteroatoms. The van der Waals surface area contributed by atoms with E-state index in [0.717, 1.165) is 77.0 Å². The summed E-state index contributed by atoms with van der Waals surface area (Å²) in [5.41, 5.74) is 0. The molecule has 0 aliphatic rings. The van der Waals surface area contributed by atoms with Gasteiger partial charge in [0.15, 0.2) is 0 Å². The van der Waals surface area contributed by atoms with Gasteiger partial charge in [-0.15, -0.1) is 0 Å². The maximum atomic E-state index is 10.3. The normalized spacial score (nSPS) is 11.0. The first-order valence-corrected chi connectivity index (χ1v) is 51.8. The third-order valence-electron chi connectivity index (χ3n) is 21.9. The van der Waals surface area contributed by atoms with Gasteiger partial charge in [-0.05, 0) is 193 Å². The number of carboxylic acids is 6. The molecule has 0 saturated carbocycles. The molecule has 0 fully saturated rings. The predicted molar refractivity (Wildman–Crippen MR) is 523 cm³/mol. The first-order chi connectivity index (χ1) is 58.6. The van der Waals surface area contributed by atoms with E-state index in [0.29, 0.717) is 38.5 Å². The average Bonchev–Trinajstić information content (AvgIpc) is 1.20. The molecule has 0 aromatic rings. The molecular formula is C108H204CoFeMnO12. The molecule has 0 bridgehead atoms. The second-order valence-corrected chi connectivity index (χ2v) is 34.4. The monoisotopic (exact) mass is 1860 g/mol. The van der Waals surface area contributed by atoms with Crippen LogP contribution in [0.3, 0.4) is 0 Å². The van der Waals surface area contributed by atoms with Gasteiger partial charge in [0.2, 0.25) is 0 Å². The van der Waals surface area contributed by atoms with Crippen LogP contribution in [0.1, 0.15) is 581 Å². The van der Waals surface area contributed by atoms with Gasteiger partial charge in [-0.25, -0.2) is 0 Å². The topological polar surface area (TPSA) is 224 Å². The molecule has 0 amide bonds. The van der Waals surface area contributed by atoms with Crippen LogP contribution in [0.25, 0.3) is 0 Å². The standard InChI is InChI=1S/6C18H34O2.Co.Fe.Mn/c6*1-2-3-4-5-6-7-8-9-10-11-12-13-14-15-16-17-18(19)20;;;/h6*9-10H,2-8,11-17H2,1H3,(H,19,20);;;/b6*10-9-;;;. The quantitative estimate of drug-likeness (QED) is 0.0190. The Hall–Kier alpha value is -3.19. The zero-order chi connectivity index (χ0) is 89.3. The molecule has 0 unspecified atom stereocenters. The molecule has 6 N–H and O–H groups in total. The van der Waals surface area contributed by atoms with Crippen LogP contribution in [0.15, 0.2) is 72.9 Å². The molecule has 2 radical (unpaired) electrons. The minimum absolute atomic E-state index is 0. The maximum absolute atomic E-state index is 10.3. The van der Waals surface area contributed by atoms with Crippen LogP contribution in [0.5, 0.6) is 0 Å². The Morgan fingerprint density at radius 2 is 0.220 bits per heavy atom. The number of unbranched alkanes of at least 4 members (excludes halogenated alkanes) is 66. The summed E-state index contributed by atoms with van der Waals surface area (Å²) in [6.45, 7) is 13.6. The van der Waals surface area contributed by atoms with Crippen molar-refractivity contribution in [3.63, 3.8) is 0 Å². The number of carboxylic acid groups (broad SMARTS) is 6. The van der Waals surface area contributed by atoms with Crippen LogP contribution >= 0.6 is 0 Å². The summed E-state index contributed by atoms with van der Waals surface area (Å²) in [6, 6.07) is 0. The Morgan fingerprint density at radius 1 is 0.146 bits per heavy atom. The third-order valence-corrected chi connectivity index (χ3v) is 21.9. The summed E-state index contributed by atoms with van der Waals surface area (Å²) in [6.07, 6.45) is 127. The van der Waals surface area contributed by atoms with Crippen LogP contribution in [0, 0.1) is 0 Å². The van der Waals surface area contributed by atoms with Crippen LogP contribution in [-0.2, 0) is 79.7 Å². The summed E-state index contributed by atoms with van der Waals surface area (Å²) in [5, 5.41) is 51.0. The molecule has 0 heterocycles. The third kappa shape index (κ3) is 166. The molecule has 732 valence electrons. The summed E-state index contributed by atoms with van der Waals surface area (Å²) >= 11 is 0. The van der Waals surface area contributed by atoms with Crippen LogP contribution in [0.4, 0.5) is 0 Å². The molecule has 12 nitrogen and oxygen atoms in total. The van der Waals surface area contributed by atoms with E-state index < -0.39 is 35.8 Å². The second-order valence-electron chi connectivity index (χ2n) is 34.4. The summed E-state index contributed by atoms with van der Waals surface area (Å²) < 4.78 is 0. The van der Waals surface area contributed by atoms with Crippen molar-refractivity contribution in [2.45, 2.75) is 581 Å². The molecular weight excluding hydrogens is 1660 g/mol. The fourth-order valence-corrected chi connectivity index (χ4v) is 14.1.